The number of hydrogen-bond acceptors (Lipinski definition) is 4. The number of carbonyl (C=O) groups is 1. The summed E-state index contributed by atoms with van der Waals surface area (Å²) in [6, 6.07) is 6.22. The van der Waals surface area contributed by atoms with E-state index in [9.17, 15) is 18.0 Å². The number of hydrazine groups is 1. The second-order valence-corrected chi connectivity index (χ2v) is 3.49. The summed E-state index contributed by atoms with van der Waals surface area (Å²) in [7, 11) is 0. The Hall–Kier alpha value is -1.80. The topological polar surface area (TPSA) is 73.6 Å². The number of halogens is 3. The third-order valence-corrected chi connectivity index (χ3v) is 2.01. The summed E-state index contributed by atoms with van der Waals surface area (Å²) in [5, 5.41) is 0. The smallest absolute Gasteiger partial charge is 0.411 e. The molecule has 1 aromatic rings. The zero-order valence-electron chi connectivity index (χ0n) is 9.87. The number of benzene rings is 1. The van der Waals surface area contributed by atoms with Gasteiger partial charge in [0.1, 0.15) is 19.0 Å². The first-order valence-corrected chi connectivity index (χ1v) is 5.31. The maximum Gasteiger partial charge on any atom is 0.411 e. The van der Waals surface area contributed by atoms with E-state index in [1.807, 2.05) is 5.43 Å². The molecule has 0 aliphatic rings. The molecule has 1 rings (SSSR count). The molecule has 0 aliphatic carbocycles. The fraction of sp³-hybridized carbons (Fsp3) is 0.364. The number of para-hydroxylation sites is 1. The fourth-order valence-corrected chi connectivity index (χ4v) is 1.26. The highest BCUT2D eigenvalue weighted by molar-refractivity contribution is 5.96. The van der Waals surface area contributed by atoms with Crippen molar-refractivity contribution in [1.29, 1.82) is 0 Å². The highest BCUT2D eigenvalue weighted by Crippen LogP contribution is 2.18. The zero-order chi connectivity index (χ0) is 14.3. The Balaban J connectivity index is 2.43. The molecule has 0 radical (unpaired) electrons. The van der Waals surface area contributed by atoms with Crippen LogP contribution in [0, 0.1) is 0 Å². The van der Waals surface area contributed by atoms with Crippen molar-refractivity contribution >= 4 is 5.91 Å². The average Bonchev–Trinajstić information content (AvgIpc) is 2.36. The molecule has 0 aromatic heterocycles. The molecule has 0 spiro atoms. The van der Waals surface area contributed by atoms with Crippen LogP contribution in [0.2, 0.25) is 0 Å². The van der Waals surface area contributed by atoms with Crippen molar-refractivity contribution in [2.24, 2.45) is 5.84 Å². The van der Waals surface area contributed by atoms with Crippen molar-refractivity contribution in [2.75, 3.05) is 19.8 Å². The Bertz CT molecular complexity index is 424. The fourth-order valence-electron chi connectivity index (χ4n) is 1.26. The zero-order valence-corrected chi connectivity index (χ0v) is 9.87. The third kappa shape index (κ3) is 5.58. The van der Waals surface area contributed by atoms with E-state index in [0.717, 1.165) is 0 Å². The predicted molar refractivity (Wildman–Crippen MR) is 60.5 cm³/mol. The molecule has 0 fully saturated rings. The van der Waals surface area contributed by atoms with Gasteiger partial charge < -0.3 is 9.47 Å². The molecule has 19 heavy (non-hydrogen) atoms. The number of nitrogen functional groups attached to an aromatic ring is 1. The monoisotopic (exact) mass is 278 g/mol. The molecule has 5 nitrogen and oxygen atoms in total. The molecule has 3 N–H and O–H groups in total. The molecule has 8 heteroatoms. The first-order chi connectivity index (χ1) is 8.94. The number of rotatable bonds is 6. The molecular formula is C11H13F3N2O3. The Kier molecular flexibility index (Phi) is 5.58. The van der Waals surface area contributed by atoms with Gasteiger partial charge in [-0.2, -0.15) is 13.2 Å². The minimum atomic E-state index is -4.36. The van der Waals surface area contributed by atoms with Gasteiger partial charge in [-0.05, 0) is 12.1 Å². The number of carbonyl (C=O) groups excluding carboxylic acids is 1. The Morgan fingerprint density at radius 1 is 1.26 bits per heavy atom. The number of alkyl halides is 3. The molecule has 0 saturated carbocycles. The molecule has 0 heterocycles. The van der Waals surface area contributed by atoms with Crippen LogP contribution >= 0.6 is 0 Å². The van der Waals surface area contributed by atoms with Gasteiger partial charge >= 0.3 is 6.18 Å². The highest BCUT2D eigenvalue weighted by Gasteiger charge is 2.27. The Morgan fingerprint density at radius 2 is 1.95 bits per heavy atom. The van der Waals surface area contributed by atoms with Gasteiger partial charge in [-0.3, -0.25) is 10.2 Å². The van der Waals surface area contributed by atoms with Crippen LogP contribution in [0.4, 0.5) is 13.2 Å². The standard InChI is InChI=1S/C11H13F3N2O3/c12-11(13,14)7-18-5-6-19-9-4-2-1-3-8(9)10(17)16-15/h1-4H,5-7,15H2,(H,16,17). The summed E-state index contributed by atoms with van der Waals surface area (Å²) >= 11 is 0. The molecule has 0 saturated heterocycles. The van der Waals surface area contributed by atoms with Gasteiger partial charge in [-0.1, -0.05) is 12.1 Å². The Labute approximate surface area is 107 Å². The normalized spacial score (nSPS) is 11.2. The maximum absolute atomic E-state index is 11.8. The number of nitrogens with one attached hydrogen (secondary N) is 1. The van der Waals surface area contributed by atoms with Gasteiger partial charge in [0.15, 0.2) is 0 Å². The predicted octanol–water partition coefficient (Wildman–Crippen LogP) is 1.25. The summed E-state index contributed by atoms with van der Waals surface area (Å²) in [5.74, 6) is 4.67. The van der Waals surface area contributed by atoms with E-state index in [4.69, 9.17) is 10.6 Å². The van der Waals surface area contributed by atoms with E-state index >= 15 is 0 Å². The van der Waals surface area contributed by atoms with Crippen molar-refractivity contribution in [3.05, 3.63) is 29.8 Å². The Morgan fingerprint density at radius 3 is 2.58 bits per heavy atom. The van der Waals surface area contributed by atoms with Crippen LogP contribution < -0.4 is 16.0 Å². The van der Waals surface area contributed by atoms with Crippen molar-refractivity contribution in [1.82, 2.24) is 5.43 Å². The number of nitrogens with two attached hydrogens (primary N) is 1. The van der Waals surface area contributed by atoms with Gasteiger partial charge in [0.2, 0.25) is 0 Å². The van der Waals surface area contributed by atoms with Crippen LogP contribution in [-0.2, 0) is 4.74 Å². The van der Waals surface area contributed by atoms with E-state index in [-0.39, 0.29) is 24.5 Å². The lowest BCUT2D eigenvalue weighted by atomic mass is 10.2. The minimum absolute atomic E-state index is 0.106. The van der Waals surface area contributed by atoms with Crippen LogP contribution in [0.3, 0.4) is 0 Å². The number of amides is 1. The van der Waals surface area contributed by atoms with E-state index in [1.165, 1.54) is 12.1 Å². The molecule has 0 aliphatic heterocycles. The van der Waals surface area contributed by atoms with Crippen molar-refractivity contribution in [2.45, 2.75) is 6.18 Å². The average molecular weight is 278 g/mol. The summed E-state index contributed by atoms with van der Waals surface area (Å²) in [6.45, 7) is -1.68. The van der Waals surface area contributed by atoms with Crippen LogP contribution in [0.5, 0.6) is 5.75 Å². The van der Waals surface area contributed by atoms with E-state index in [2.05, 4.69) is 4.74 Å². The van der Waals surface area contributed by atoms with Crippen LogP contribution in [-0.4, -0.2) is 31.9 Å². The lowest BCUT2D eigenvalue weighted by molar-refractivity contribution is -0.175. The second-order valence-electron chi connectivity index (χ2n) is 3.49. The summed E-state index contributed by atoms with van der Waals surface area (Å²) in [6.07, 6.45) is -4.36. The van der Waals surface area contributed by atoms with E-state index in [1.54, 1.807) is 12.1 Å². The molecule has 0 bridgehead atoms. The largest absolute Gasteiger partial charge is 0.490 e. The van der Waals surface area contributed by atoms with Gasteiger partial charge in [0.05, 0.1) is 12.2 Å². The quantitative estimate of drug-likeness (QED) is 0.355. The van der Waals surface area contributed by atoms with Gasteiger partial charge in [-0.15, -0.1) is 0 Å². The summed E-state index contributed by atoms with van der Waals surface area (Å²) in [5.41, 5.74) is 2.14. The van der Waals surface area contributed by atoms with Crippen LogP contribution in [0.25, 0.3) is 0 Å². The van der Waals surface area contributed by atoms with E-state index < -0.39 is 18.7 Å². The molecule has 0 atom stereocenters. The van der Waals surface area contributed by atoms with Gasteiger partial charge in [0.25, 0.3) is 5.91 Å². The lowest BCUT2D eigenvalue weighted by Crippen LogP contribution is -2.30. The van der Waals surface area contributed by atoms with E-state index in [0.29, 0.717) is 0 Å². The second kappa shape index (κ2) is 6.95. The lowest BCUT2D eigenvalue weighted by Gasteiger charge is -2.11. The molecular weight excluding hydrogens is 265 g/mol. The van der Waals surface area contributed by atoms with Crippen molar-refractivity contribution in [3.63, 3.8) is 0 Å². The first kappa shape index (κ1) is 15.3. The van der Waals surface area contributed by atoms with Crippen molar-refractivity contribution < 1.29 is 27.4 Å². The molecule has 1 amide bonds. The maximum atomic E-state index is 11.8. The molecule has 106 valence electrons. The SMILES string of the molecule is NNC(=O)c1ccccc1OCCOCC(F)(F)F. The highest BCUT2D eigenvalue weighted by atomic mass is 19.4. The minimum Gasteiger partial charge on any atom is -0.490 e. The summed E-state index contributed by atoms with van der Waals surface area (Å²) in [4.78, 5) is 11.4. The molecule has 0 unspecified atom stereocenters. The molecule has 1 aromatic carbocycles. The first-order valence-electron chi connectivity index (χ1n) is 5.31. The van der Waals surface area contributed by atoms with Crippen LogP contribution in [0.1, 0.15) is 10.4 Å². The van der Waals surface area contributed by atoms with Gasteiger partial charge in [0, 0.05) is 0 Å². The summed E-state index contributed by atoms with van der Waals surface area (Å²) < 4.78 is 44.9. The number of ether oxygens (including phenoxy) is 2. The third-order valence-electron chi connectivity index (χ3n) is 2.01. The van der Waals surface area contributed by atoms with Gasteiger partial charge in [-0.25, -0.2) is 5.84 Å². The van der Waals surface area contributed by atoms with Crippen LogP contribution in [0.15, 0.2) is 24.3 Å². The number of hydrogen-bond donors (Lipinski definition) is 2. The van der Waals surface area contributed by atoms with Crippen molar-refractivity contribution in [3.8, 4) is 5.75 Å².